The minimum Gasteiger partial charge on any atom is -0.478 e. The fourth-order valence-electron chi connectivity index (χ4n) is 3.73. The average Bonchev–Trinajstić information content (AvgIpc) is 3.14. The zero-order chi connectivity index (χ0) is 23.4. The molecule has 10 nitrogen and oxygen atoms in total. The normalized spacial score (nSPS) is 18.3. The fourth-order valence-corrected chi connectivity index (χ4v) is 3.99. The number of carboxylic acids is 1. The van der Waals surface area contributed by atoms with Gasteiger partial charge in [0.2, 0.25) is 5.91 Å². The predicted molar refractivity (Wildman–Crippen MR) is 120 cm³/mol. The molecular formula is C21H26ClN5O5. The highest BCUT2D eigenvalue weighted by atomic mass is 35.5. The predicted octanol–water partition coefficient (Wildman–Crippen LogP) is 2.31. The van der Waals surface area contributed by atoms with Crippen LogP contribution in [0.4, 0.5) is 11.4 Å². The first-order valence-corrected chi connectivity index (χ1v) is 10.6. The molecule has 172 valence electrons. The number of ether oxygens (including phenoxy) is 1. The number of hydrogen-bond acceptors (Lipinski definition) is 6. The monoisotopic (exact) mass is 463 g/mol. The number of carbonyl (C=O) groups is 3. The third kappa shape index (κ3) is 5.20. The van der Waals surface area contributed by atoms with E-state index in [-0.39, 0.29) is 46.2 Å². The zero-order valence-corrected chi connectivity index (χ0v) is 18.8. The molecule has 2 aromatic rings. The third-order valence-electron chi connectivity index (χ3n) is 5.38. The molecule has 11 heteroatoms. The summed E-state index contributed by atoms with van der Waals surface area (Å²) in [4.78, 5) is 44.6. The Morgan fingerprint density at radius 1 is 1.38 bits per heavy atom. The van der Waals surface area contributed by atoms with Crippen molar-refractivity contribution < 1.29 is 24.2 Å². The smallest absolute Gasteiger partial charge is 0.337 e. The number of carboxylic acid groups (broad SMARTS) is 1. The Hall–Kier alpha value is -3.11. The molecule has 2 unspecified atom stereocenters. The Balaban J connectivity index is 1.72. The number of carbonyl (C=O) groups excluding carboxylic acids is 2. The van der Waals surface area contributed by atoms with E-state index >= 15 is 0 Å². The van der Waals surface area contributed by atoms with Crippen molar-refractivity contribution in [3.63, 3.8) is 0 Å². The molecular weight excluding hydrogens is 438 g/mol. The molecule has 0 radical (unpaired) electrons. The molecule has 32 heavy (non-hydrogen) atoms. The summed E-state index contributed by atoms with van der Waals surface area (Å²) >= 11 is 6.03. The van der Waals surface area contributed by atoms with E-state index in [4.69, 9.17) is 16.3 Å². The molecule has 0 spiro atoms. The van der Waals surface area contributed by atoms with Crippen LogP contribution >= 0.6 is 11.6 Å². The van der Waals surface area contributed by atoms with E-state index in [1.54, 1.807) is 19.2 Å². The number of methoxy groups -OCH3 is 1. The van der Waals surface area contributed by atoms with Gasteiger partial charge in [0.05, 0.1) is 29.1 Å². The van der Waals surface area contributed by atoms with Crippen molar-refractivity contribution in [3.05, 3.63) is 40.4 Å². The highest BCUT2D eigenvalue weighted by molar-refractivity contribution is 6.30. The SMILES string of the molecule is CCc1[nH]c(C(=O)NC2CCN(c3ccc(NC(C)=O)c(C(=O)O)c3)CC2OC)nc1Cl. The summed E-state index contributed by atoms with van der Waals surface area (Å²) in [6.45, 7) is 4.25. The molecule has 4 N–H and O–H groups in total. The number of amides is 2. The van der Waals surface area contributed by atoms with Gasteiger partial charge in [0.25, 0.3) is 5.91 Å². The van der Waals surface area contributed by atoms with Gasteiger partial charge >= 0.3 is 5.97 Å². The van der Waals surface area contributed by atoms with Gasteiger partial charge in [0.15, 0.2) is 11.0 Å². The van der Waals surface area contributed by atoms with Crippen LogP contribution in [0.5, 0.6) is 0 Å². The lowest BCUT2D eigenvalue weighted by molar-refractivity contribution is -0.114. The van der Waals surface area contributed by atoms with Crippen LogP contribution in [0.15, 0.2) is 18.2 Å². The van der Waals surface area contributed by atoms with Gasteiger partial charge < -0.3 is 30.4 Å². The Morgan fingerprint density at radius 3 is 2.72 bits per heavy atom. The first-order chi connectivity index (χ1) is 15.2. The van der Waals surface area contributed by atoms with Gasteiger partial charge in [0.1, 0.15) is 0 Å². The minimum atomic E-state index is -1.13. The number of nitrogens with one attached hydrogen (secondary N) is 3. The summed E-state index contributed by atoms with van der Waals surface area (Å²) < 4.78 is 5.61. The number of halogens is 1. The lowest BCUT2D eigenvalue weighted by Gasteiger charge is -2.39. The van der Waals surface area contributed by atoms with Crippen LogP contribution in [0, 0.1) is 0 Å². The van der Waals surface area contributed by atoms with E-state index < -0.39 is 5.97 Å². The van der Waals surface area contributed by atoms with Crippen LogP contribution in [-0.4, -0.2) is 65.2 Å². The van der Waals surface area contributed by atoms with E-state index in [9.17, 15) is 19.5 Å². The van der Waals surface area contributed by atoms with Crippen molar-refractivity contribution in [1.82, 2.24) is 15.3 Å². The molecule has 1 saturated heterocycles. The van der Waals surface area contributed by atoms with E-state index in [0.717, 1.165) is 0 Å². The second-order valence-electron chi connectivity index (χ2n) is 7.51. The van der Waals surface area contributed by atoms with E-state index in [1.807, 2.05) is 11.8 Å². The van der Waals surface area contributed by atoms with Gasteiger partial charge in [-0.05, 0) is 31.0 Å². The number of nitrogens with zero attached hydrogens (tertiary/aromatic N) is 2. The van der Waals surface area contributed by atoms with Crippen molar-refractivity contribution in [2.24, 2.45) is 0 Å². The van der Waals surface area contributed by atoms with Gasteiger partial charge in [-0.25, -0.2) is 9.78 Å². The number of aromatic carboxylic acids is 1. The van der Waals surface area contributed by atoms with Gasteiger partial charge in [0, 0.05) is 32.8 Å². The number of aryl methyl sites for hydroxylation is 1. The number of imidazole rings is 1. The average molecular weight is 464 g/mol. The van der Waals surface area contributed by atoms with Crippen LogP contribution in [0.1, 0.15) is 46.9 Å². The van der Waals surface area contributed by atoms with Gasteiger partial charge in [-0.15, -0.1) is 0 Å². The van der Waals surface area contributed by atoms with Crippen LogP contribution < -0.4 is 15.5 Å². The Bertz CT molecular complexity index is 1020. The summed E-state index contributed by atoms with van der Waals surface area (Å²) in [6.07, 6.45) is 0.888. The molecule has 1 fully saturated rings. The largest absolute Gasteiger partial charge is 0.478 e. The zero-order valence-electron chi connectivity index (χ0n) is 18.1. The minimum absolute atomic E-state index is 0.00326. The summed E-state index contributed by atoms with van der Waals surface area (Å²) in [5, 5.41) is 15.3. The van der Waals surface area contributed by atoms with Gasteiger partial charge in [-0.2, -0.15) is 0 Å². The molecule has 1 aliphatic rings. The number of anilines is 2. The second kappa shape index (κ2) is 10.0. The molecule has 1 aliphatic heterocycles. The first kappa shape index (κ1) is 23.6. The molecule has 2 heterocycles. The highest BCUT2D eigenvalue weighted by Crippen LogP contribution is 2.27. The Kier molecular flexibility index (Phi) is 7.37. The first-order valence-electron chi connectivity index (χ1n) is 10.2. The quantitative estimate of drug-likeness (QED) is 0.494. The summed E-state index contributed by atoms with van der Waals surface area (Å²) in [5.41, 5.74) is 1.63. The van der Waals surface area contributed by atoms with E-state index in [1.165, 1.54) is 13.0 Å². The molecule has 0 aliphatic carbocycles. The van der Waals surface area contributed by atoms with Crippen molar-refractivity contribution in [1.29, 1.82) is 0 Å². The lowest BCUT2D eigenvalue weighted by atomic mass is 10.00. The standard InChI is InChI=1S/C21H26ClN5O5/c1-4-14-18(22)26-19(24-14)20(29)25-16-7-8-27(10-17(16)32-3)12-5-6-15(23-11(2)28)13(9-12)21(30)31/h5-6,9,16-17H,4,7-8,10H2,1-3H3,(H,23,28)(H,24,26)(H,25,29)(H,30,31). The number of rotatable bonds is 7. The summed E-state index contributed by atoms with van der Waals surface area (Å²) in [5.74, 6) is -1.69. The Morgan fingerprint density at radius 2 is 2.12 bits per heavy atom. The number of aromatic nitrogens is 2. The molecule has 2 atom stereocenters. The molecule has 0 bridgehead atoms. The maximum atomic E-state index is 12.6. The van der Waals surface area contributed by atoms with Crippen molar-refractivity contribution in [2.75, 3.05) is 30.4 Å². The lowest BCUT2D eigenvalue weighted by Crippen LogP contribution is -2.55. The number of benzene rings is 1. The molecule has 3 rings (SSSR count). The number of piperidine rings is 1. The van der Waals surface area contributed by atoms with Crippen LogP contribution in [0.2, 0.25) is 5.15 Å². The maximum Gasteiger partial charge on any atom is 0.337 e. The van der Waals surface area contributed by atoms with Gasteiger partial charge in [-0.1, -0.05) is 18.5 Å². The van der Waals surface area contributed by atoms with Crippen LogP contribution in [0.25, 0.3) is 0 Å². The van der Waals surface area contributed by atoms with Crippen LogP contribution in [0.3, 0.4) is 0 Å². The second-order valence-corrected chi connectivity index (χ2v) is 7.87. The maximum absolute atomic E-state index is 12.6. The number of hydrogen-bond donors (Lipinski definition) is 4. The van der Waals surface area contributed by atoms with Crippen molar-refractivity contribution in [2.45, 2.75) is 38.8 Å². The molecule has 0 saturated carbocycles. The van der Waals surface area contributed by atoms with Gasteiger partial charge in [-0.3, -0.25) is 9.59 Å². The summed E-state index contributed by atoms with van der Waals surface area (Å²) in [6, 6.07) is 4.59. The van der Waals surface area contributed by atoms with Crippen molar-refractivity contribution in [3.8, 4) is 0 Å². The topological polar surface area (TPSA) is 137 Å². The van der Waals surface area contributed by atoms with Crippen LogP contribution in [-0.2, 0) is 16.0 Å². The van der Waals surface area contributed by atoms with E-state index in [2.05, 4.69) is 20.6 Å². The van der Waals surface area contributed by atoms with E-state index in [0.29, 0.717) is 37.3 Å². The third-order valence-corrected chi connectivity index (χ3v) is 5.70. The molecule has 1 aromatic carbocycles. The number of H-pyrrole nitrogens is 1. The van der Waals surface area contributed by atoms with Crippen molar-refractivity contribution >= 4 is 40.8 Å². The molecule has 1 aromatic heterocycles. The Labute approximate surface area is 190 Å². The highest BCUT2D eigenvalue weighted by Gasteiger charge is 2.32. The number of aromatic amines is 1. The summed E-state index contributed by atoms with van der Waals surface area (Å²) in [7, 11) is 1.56. The molecule has 2 amide bonds. The fraction of sp³-hybridized carbons (Fsp3) is 0.429.